The first-order valence-electron chi connectivity index (χ1n) is 5.27. The molecular weight excluding hydrogens is 285 g/mol. The lowest BCUT2D eigenvalue weighted by Gasteiger charge is -2.09. The van der Waals surface area contributed by atoms with Crippen LogP contribution < -0.4 is 10.1 Å². The summed E-state index contributed by atoms with van der Waals surface area (Å²) >= 11 is 0. The highest BCUT2D eigenvalue weighted by atomic mass is 19.4. The summed E-state index contributed by atoms with van der Waals surface area (Å²) in [5.74, 6) is -0.402. The van der Waals surface area contributed by atoms with Crippen LogP contribution in [0.3, 0.4) is 0 Å². The van der Waals surface area contributed by atoms with E-state index in [1.54, 1.807) is 0 Å². The number of nitrogens with one attached hydrogen (secondary N) is 1. The predicted octanol–water partition coefficient (Wildman–Crippen LogP) is 1.38. The smallest absolute Gasteiger partial charge is 0.411 e. The van der Waals surface area contributed by atoms with Gasteiger partial charge < -0.3 is 14.8 Å². The normalized spacial score (nSPS) is 11.2. The van der Waals surface area contributed by atoms with Gasteiger partial charge in [-0.05, 0) is 0 Å². The van der Waals surface area contributed by atoms with Gasteiger partial charge in [-0.25, -0.2) is 4.98 Å². The molecule has 1 aromatic rings. The Morgan fingerprint density at radius 2 is 2.15 bits per heavy atom. The van der Waals surface area contributed by atoms with Crippen LogP contribution >= 0.6 is 0 Å². The van der Waals surface area contributed by atoms with Gasteiger partial charge in [0.25, 0.3) is 5.88 Å². The molecule has 0 aliphatic heterocycles. The van der Waals surface area contributed by atoms with Crippen LogP contribution in [-0.2, 0) is 4.74 Å². The highest BCUT2D eigenvalue weighted by Crippen LogP contribution is 2.30. The van der Waals surface area contributed by atoms with E-state index in [1.165, 1.54) is 7.11 Å². The second kappa shape index (κ2) is 6.84. The largest absolute Gasteiger partial charge is 0.476 e. The number of anilines is 1. The molecule has 0 aromatic carbocycles. The molecule has 8 nitrogen and oxygen atoms in total. The molecule has 0 aliphatic carbocycles. The van der Waals surface area contributed by atoms with Crippen molar-refractivity contribution in [1.82, 2.24) is 9.97 Å². The molecule has 11 heteroatoms. The van der Waals surface area contributed by atoms with E-state index in [0.29, 0.717) is 0 Å². The molecule has 0 saturated carbocycles. The average molecular weight is 296 g/mol. The third kappa shape index (κ3) is 4.84. The number of methoxy groups -OCH3 is 1. The number of alkyl halides is 3. The van der Waals surface area contributed by atoms with E-state index in [1.807, 2.05) is 0 Å². The molecule has 0 saturated heterocycles. The maximum absolute atomic E-state index is 11.8. The van der Waals surface area contributed by atoms with Crippen molar-refractivity contribution in [3.63, 3.8) is 0 Å². The number of halogens is 3. The summed E-state index contributed by atoms with van der Waals surface area (Å²) in [6.45, 7) is -1.76. The fourth-order valence-corrected chi connectivity index (χ4v) is 1.24. The van der Waals surface area contributed by atoms with Crippen molar-refractivity contribution in [2.45, 2.75) is 6.18 Å². The van der Waals surface area contributed by atoms with Crippen LogP contribution in [0.5, 0.6) is 5.88 Å². The van der Waals surface area contributed by atoms with Gasteiger partial charge in [-0.2, -0.15) is 18.2 Å². The van der Waals surface area contributed by atoms with Gasteiger partial charge in [-0.3, -0.25) is 10.1 Å². The van der Waals surface area contributed by atoms with Gasteiger partial charge in [0.15, 0.2) is 0 Å². The van der Waals surface area contributed by atoms with E-state index in [2.05, 4.69) is 20.0 Å². The molecule has 1 aromatic heterocycles. The minimum atomic E-state index is -4.41. The molecule has 0 atom stereocenters. The monoisotopic (exact) mass is 296 g/mol. The van der Waals surface area contributed by atoms with Gasteiger partial charge in [-0.15, -0.1) is 0 Å². The number of hydrogen-bond acceptors (Lipinski definition) is 7. The van der Waals surface area contributed by atoms with E-state index in [0.717, 1.165) is 6.33 Å². The fourth-order valence-electron chi connectivity index (χ4n) is 1.24. The molecule has 1 rings (SSSR count). The number of nitro groups is 1. The van der Waals surface area contributed by atoms with Gasteiger partial charge in [0, 0.05) is 6.54 Å². The van der Waals surface area contributed by atoms with Gasteiger partial charge in [-0.1, -0.05) is 0 Å². The number of hydrogen-bond donors (Lipinski definition) is 1. The summed E-state index contributed by atoms with van der Waals surface area (Å²) in [6.07, 6.45) is -3.38. The van der Waals surface area contributed by atoms with Gasteiger partial charge in [0.05, 0.1) is 18.6 Å². The summed E-state index contributed by atoms with van der Waals surface area (Å²) in [6, 6.07) is 0. The zero-order valence-electron chi connectivity index (χ0n) is 10.3. The standard InChI is InChI=1S/C9H11F3N4O4/c1-19-8-6(16(17)18)7(14-5-15-8)13-2-3-20-4-9(10,11)12/h5H,2-4H2,1H3,(H,13,14,15). The molecule has 0 spiro atoms. The lowest BCUT2D eigenvalue weighted by atomic mass is 10.4. The molecule has 112 valence electrons. The van der Waals surface area contributed by atoms with Crippen LogP contribution in [0.2, 0.25) is 0 Å². The zero-order valence-corrected chi connectivity index (χ0v) is 10.3. The molecular formula is C9H11F3N4O4. The lowest BCUT2D eigenvalue weighted by Crippen LogP contribution is -2.20. The first kappa shape index (κ1) is 15.9. The Bertz CT molecular complexity index is 469. The Hall–Kier alpha value is -2.17. The number of nitrogens with zero attached hydrogens (tertiary/aromatic N) is 3. The summed E-state index contributed by atoms with van der Waals surface area (Å²) in [5.41, 5.74) is -0.495. The maximum Gasteiger partial charge on any atom is 0.411 e. The van der Waals surface area contributed by atoms with Crippen LogP contribution in [0.25, 0.3) is 0 Å². The van der Waals surface area contributed by atoms with Gasteiger partial charge >= 0.3 is 11.9 Å². The van der Waals surface area contributed by atoms with E-state index >= 15 is 0 Å². The fraction of sp³-hybridized carbons (Fsp3) is 0.556. The van der Waals surface area contributed by atoms with Crippen LogP contribution in [0.15, 0.2) is 6.33 Å². The molecule has 20 heavy (non-hydrogen) atoms. The third-order valence-corrected chi connectivity index (χ3v) is 1.97. The summed E-state index contributed by atoms with van der Waals surface area (Å²) in [5, 5.41) is 13.3. The van der Waals surface area contributed by atoms with E-state index in [9.17, 15) is 23.3 Å². The molecule has 0 unspecified atom stereocenters. The minimum Gasteiger partial charge on any atom is -0.476 e. The maximum atomic E-state index is 11.8. The van der Waals surface area contributed by atoms with E-state index in [4.69, 9.17) is 4.74 Å². The van der Waals surface area contributed by atoms with Gasteiger partial charge in [0.1, 0.15) is 12.9 Å². The van der Waals surface area contributed by atoms with Crippen molar-refractivity contribution in [2.75, 3.05) is 32.2 Å². The second-order valence-electron chi connectivity index (χ2n) is 3.43. The van der Waals surface area contributed by atoms with Crippen LogP contribution in [-0.4, -0.2) is 47.9 Å². The molecule has 0 fully saturated rings. The number of aromatic nitrogens is 2. The highest BCUT2D eigenvalue weighted by molar-refractivity contribution is 5.60. The van der Waals surface area contributed by atoms with Crippen molar-refractivity contribution in [2.24, 2.45) is 0 Å². The molecule has 1 heterocycles. The van der Waals surface area contributed by atoms with Crippen molar-refractivity contribution < 1.29 is 27.6 Å². The Labute approximate surface area is 111 Å². The molecule has 0 aliphatic rings. The van der Waals surface area contributed by atoms with Crippen molar-refractivity contribution in [3.8, 4) is 5.88 Å². The Morgan fingerprint density at radius 3 is 2.70 bits per heavy atom. The first-order valence-corrected chi connectivity index (χ1v) is 5.27. The van der Waals surface area contributed by atoms with Crippen molar-refractivity contribution >= 4 is 11.5 Å². The van der Waals surface area contributed by atoms with Gasteiger partial charge in [0.2, 0.25) is 5.82 Å². The average Bonchev–Trinajstić information content (AvgIpc) is 2.36. The minimum absolute atomic E-state index is 0.0862. The van der Waals surface area contributed by atoms with Crippen LogP contribution in [0, 0.1) is 10.1 Å². The van der Waals surface area contributed by atoms with Crippen molar-refractivity contribution in [3.05, 3.63) is 16.4 Å². The zero-order chi connectivity index (χ0) is 15.2. The van der Waals surface area contributed by atoms with E-state index in [-0.39, 0.29) is 24.8 Å². The van der Waals surface area contributed by atoms with E-state index < -0.39 is 23.4 Å². The highest BCUT2D eigenvalue weighted by Gasteiger charge is 2.27. The SMILES string of the molecule is COc1ncnc(NCCOCC(F)(F)F)c1[N+](=O)[O-]. The Kier molecular flexibility index (Phi) is 5.43. The summed E-state index contributed by atoms with van der Waals surface area (Å²) in [7, 11) is 1.20. The molecule has 1 N–H and O–H groups in total. The number of ether oxygens (including phenoxy) is 2. The van der Waals surface area contributed by atoms with Crippen LogP contribution in [0.1, 0.15) is 0 Å². The Morgan fingerprint density at radius 1 is 1.45 bits per heavy atom. The lowest BCUT2D eigenvalue weighted by molar-refractivity contribution is -0.385. The third-order valence-electron chi connectivity index (χ3n) is 1.97. The molecule has 0 bridgehead atoms. The molecule has 0 radical (unpaired) electrons. The number of rotatable bonds is 7. The summed E-state index contributed by atoms with van der Waals surface area (Å²) < 4.78 is 44.5. The van der Waals surface area contributed by atoms with Crippen LogP contribution in [0.4, 0.5) is 24.7 Å². The topological polar surface area (TPSA) is 99.4 Å². The first-order chi connectivity index (χ1) is 9.35. The quantitative estimate of drug-likeness (QED) is 0.461. The molecule has 0 amide bonds. The predicted molar refractivity (Wildman–Crippen MR) is 60.6 cm³/mol. The Balaban J connectivity index is 2.58. The van der Waals surface area contributed by atoms with Crippen molar-refractivity contribution in [1.29, 1.82) is 0 Å². The second-order valence-corrected chi connectivity index (χ2v) is 3.43. The summed E-state index contributed by atoms with van der Waals surface area (Å²) in [4.78, 5) is 17.3.